The lowest BCUT2D eigenvalue weighted by atomic mass is 9.86. The number of anilines is 1. The van der Waals surface area contributed by atoms with E-state index in [1.54, 1.807) is 19.1 Å². The van der Waals surface area contributed by atoms with Crippen LogP contribution in [0.15, 0.2) is 30.3 Å². The van der Waals surface area contributed by atoms with Crippen LogP contribution in [0.5, 0.6) is 17.2 Å². The van der Waals surface area contributed by atoms with Gasteiger partial charge in [0.1, 0.15) is 12.3 Å². The van der Waals surface area contributed by atoms with E-state index < -0.39 is 24.0 Å². The number of carbonyl (C=O) groups excluding carboxylic acids is 2. The number of phenolic OH excluding ortho intramolecular Hbond substituents is 1. The van der Waals surface area contributed by atoms with Crippen LogP contribution in [0.25, 0.3) is 0 Å². The maximum atomic E-state index is 13.3. The molecule has 0 saturated carbocycles. The molecular formula is C19H16ClNO7. The Balaban J connectivity index is 1.88. The number of benzene rings is 2. The van der Waals surface area contributed by atoms with Crippen LogP contribution in [-0.4, -0.2) is 42.0 Å². The van der Waals surface area contributed by atoms with E-state index in [0.717, 1.165) is 4.90 Å². The number of aromatic hydroxyl groups is 1. The van der Waals surface area contributed by atoms with Gasteiger partial charge in [-0.2, -0.15) is 0 Å². The smallest absolute Gasteiger partial charge is 0.326 e. The van der Waals surface area contributed by atoms with E-state index in [-0.39, 0.29) is 52.5 Å². The van der Waals surface area contributed by atoms with Gasteiger partial charge in [0.15, 0.2) is 11.5 Å². The SMILES string of the molecule is CCOC(=O)CN1C(=O)C(O)(c2cc3c(cc2O)OCO3)c2c(Cl)cccc21. The van der Waals surface area contributed by atoms with Crippen molar-refractivity contribution in [3.63, 3.8) is 0 Å². The average Bonchev–Trinajstić information content (AvgIpc) is 3.19. The Bertz CT molecular complexity index is 992. The molecule has 2 N–H and O–H groups in total. The Morgan fingerprint density at radius 1 is 1.32 bits per heavy atom. The first-order valence-electron chi connectivity index (χ1n) is 8.50. The first kappa shape index (κ1) is 18.4. The number of hydrogen-bond donors (Lipinski definition) is 2. The number of aliphatic hydroxyl groups is 1. The summed E-state index contributed by atoms with van der Waals surface area (Å²) >= 11 is 6.31. The molecule has 0 bridgehead atoms. The molecule has 1 atom stereocenters. The molecule has 8 nitrogen and oxygen atoms in total. The lowest BCUT2D eigenvalue weighted by molar-refractivity contribution is -0.143. The molecule has 2 aliphatic heterocycles. The fourth-order valence-corrected chi connectivity index (χ4v) is 3.78. The van der Waals surface area contributed by atoms with Gasteiger partial charge >= 0.3 is 5.97 Å². The van der Waals surface area contributed by atoms with Crippen molar-refractivity contribution in [2.24, 2.45) is 0 Å². The number of hydrogen-bond acceptors (Lipinski definition) is 7. The molecule has 0 fully saturated rings. The van der Waals surface area contributed by atoms with Gasteiger partial charge in [-0.3, -0.25) is 14.5 Å². The maximum absolute atomic E-state index is 13.3. The number of halogens is 1. The van der Waals surface area contributed by atoms with Gasteiger partial charge in [-0.15, -0.1) is 0 Å². The van der Waals surface area contributed by atoms with Gasteiger partial charge in [0.05, 0.1) is 12.3 Å². The molecule has 0 saturated heterocycles. The predicted octanol–water partition coefficient (Wildman–Crippen LogP) is 1.92. The topological polar surface area (TPSA) is 106 Å². The van der Waals surface area contributed by atoms with Gasteiger partial charge in [0.2, 0.25) is 12.4 Å². The molecule has 2 aromatic carbocycles. The number of rotatable bonds is 4. The lowest BCUT2D eigenvalue weighted by Crippen LogP contribution is -2.43. The third kappa shape index (κ3) is 2.56. The highest BCUT2D eigenvalue weighted by atomic mass is 35.5. The largest absolute Gasteiger partial charge is 0.507 e. The molecule has 1 amide bonds. The molecule has 0 aromatic heterocycles. The summed E-state index contributed by atoms with van der Waals surface area (Å²) in [5.74, 6) is -1.28. The number of fused-ring (bicyclic) bond motifs is 2. The van der Waals surface area contributed by atoms with Crippen molar-refractivity contribution >= 4 is 29.2 Å². The minimum absolute atomic E-state index is 0.0447. The Hall–Kier alpha value is -2.97. The number of carbonyl (C=O) groups is 2. The van der Waals surface area contributed by atoms with E-state index in [1.165, 1.54) is 18.2 Å². The first-order chi connectivity index (χ1) is 13.4. The van der Waals surface area contributed by atoms with Crippen LogP contribution >= 0.6 is 11.6 Å². The summed E-state index contributed by atoms with van der Waals surface area (Å²) in [5.41, 5.74) is -2.11. The van der Waals surface area contributed by atoms with Crippen molar-refractivity contribution in [2.45, 2.75) is 12.5 Å². The Morgan fingerprint density at radius 2 is 2.04 bits per heavy atom. The van der Waals surface area contributed by atoms with Crippen molar-refractivity contribution in [2.75, 3.05) is 24.8 Å². The van der Waals surface area contributed by atoms with Gasteiger partial charge in [-0.05, 0) is 25.1 Å². The zero-order valence-corrected chi connectivity index (χ0v) is 15.5. The second kappa shape index (κ2) is 6.57. The minimum Gasteiger partial charge on any atom is -0.507 e. The number of nitrogens with zero attached hydrogens (tertiary/aromatic N) is 1. The third-order valence-electron chi connectivity index (χ3n) is 4.67. The van der Waals surface area contributed by atoms with E-state index in [0.29, 0.717) is 0 Å². The molecule has 2 heterocycles. The number of ether oxygens (including phenoxy) is 3. The van der Waals surface area contributed by atoms with Crippen molar-refractivity contribution in [1.82, 2.24) is 0 Å². The normalized spacial score (nSPS) is 19.7. The number of esters is 1. The summed E-state index contributed by atoms with van der Waals surface area (Å²) in [7, 11) is 0. The zero-order chi connectivity index (χ0) is 20.1. The molecule has 4 rings (SSSR count). The van der Waals surface area contributed by atoms with Crippen LogP contribution in [0.4, 0.5) is 5.69 Å². The summed E-state index contributed by atoms with van der Waals surface area (Å²) in [4.78, 5) is 26.3. The fraction of sp³-hybridized carbons (Fsp3) is 0.263. The summed E-state index contributed by atoms with van der Waals surface area (Å²) in [6.07, 6.45) is 0. The molecule has 9 heteroatoms. The molecule has 146 valence electrons. The molecule has 0 spiro atoms. The van der Waals surface area contributed by atoms with Crippen LogP contribution in [0.1, 0.15) is 18.1 Å². The highest BCUT2D eigenvalue weighted by Gasteiger charge is 2.54. The predicted molar refractivity (Wildman–Crippen MR) is 97.7 cm³/mol. The van der Waals surface area contributed by atoms with Crippen molar-refractivity contribution < 1.29 is 34.0 Å². The second-order valence-electron chi connectivity index (χ2n) is 6.26. The maximum Gasteiger partial charge on any atom is 0.326 e. The molecule has 1 unspecified atom stereocenters. The quantitative estimate of drug-likeness (QED) is 0.748. The molecular weight excluding hydrogens is 390 g/mol. The number of amides is 1. The fourth-order valence-electron chi connectivity index (χ4n) is 3.47. The zero-order valence-electron chi connectivity index (χ0n) is 14.8. The second-order valence-corrected chi connectivity index (χ2v) is 6.67. The van der Waals surface area contributed by atoms with E-state index in [2.05, 4.69) is 0 Å². The van der Waals surface area contributed by atoms with Crippen molar-refractivity contribution in [3.05, 3.63) is 46.5 Å². The Labute approximate surface area is 164 Å². The van der Waals surface area contributed by atoms with Gasteiger partial charge in [-0.1, -0.05) is 17.7 Å². The average molecular weight is 406 g/mol. The summed E-state index contributed by atoms with van der Waals surface area (Å²) < 4.78 is 15.4. The molecule has 2 aromatic rings. The first-order valence-corrected chi connectivity index (χ1v) is 8.87. The van der Waals surface area contributed by atoms with Crippen LogP contribution in [0.2, 0.25) is 5.02 Å². The summed E-state index contributed by atoms with van der Waals surface area (Å²) in [6.45, 7) is 1.34. The summed E-state index contributed by atoms with van der Waals surface area (Å²) in [6, 6.07) is 7.25. The van der Waals surface area contributed by atoms with Crippen LogP contribution in [0.3, 0.4) is 0 Å². The highest BCUT2D eigenvalue weighted by Crippen LogP contribution is 2.52. The van der Waals surface area contributed by atoms with Crippen LogP contribution in [-0.2, 0) is 19.9 Å². The lowest BCUT2D eigenvalue weighted by Gasteiger charge is -2.24. The van der Waals surface area contributed by atoms with Gasteiger partial charge < -0.3 is 24.4 Å². The van der Waals surface area contributed by atoms with Crippen LogP contribution in [0, 0.1) is 0 Å². The van der Waals surface area contributed by atoms with E-state index in [1.807, 2.05) is 0 Å². The van der Waals surface area contributed by atoms with E-state index >= 15 is 0 Å². The molecule has 0 radical (unpaired) electrons. The molecule has 0 aliphatic carbocycles. The van der Waals surface area contributed by atoms with Gasteiger partial charge in [0, 0.05) is 22.2 Å². The monoisotopic (exact) mass is 405 g/mol. The van der Waals surface area contributed by atoms with Gasteiger partial charge in [0.25, 0.3) is 5.91 Å². The minimum atomic E-state index is -2.31. The summed E-state index contributed by atoms with van der Waals surface area (Å²) in [5, 5.41) is 22.1. The van der Waals surface area contributed by atoms with Gasteiger partial charge in [-0.25, -0.2) is 0 Å². The van der Waals surface area contributed by atoms with E-state index in [9.17, 15) is 19.8 Å². The number of phenols is 1. The van der Waals surface area contributed by atoms with Crippen molar-refractivity contribution in [1.29, 1.82) is 0 Å². The Kier molecular flexibility index (Phi) is 4.32. The van der Waals surface area contributed by atoms with Crippen molar-refractivity contribution in [3.8, 4) is 17.2 Å². The molecule has 2 aliphatic rings. The third-order valence-corrected chi connectivity index (χ3v) is 4.99. The standard InChI is InChI=1S/C19H16ClNO7/c1-2-26-16(23)8-21-12-5-3-4-11(20)17(12)19(25,18(21)24)10-6-14-15(7-13(10)22)28-9-27-14/h3-7,22,25H,2,8-9H2,1H3. The van der Waals surface area contributed by atoms with Crippen LogP contribution < -0.4 is 14.4 Å². The Morgan fingerprint density at radius 3 is 2.75 bits per heavy atom. The highest BCUT2D eigenvalue weighted by molar-refractivity contribution is 6.33. The molecule has 28 heavy (non-hydrogen) atoms. The van der Waals surface area contributed by atoms with E-state index in [4.69, 9.17) is 25.8 Å².